The monoisotopic (exact) mass is 393 g/mol. The number of phosphoric ester groups is 1. The molecule has 2 aromatic carbocycles. The summed E-state index contributed by atoms with van der Waals surface area (Å²) in [7, 11) is -3.73. The summed E-state index contributed by atoms with van der Waals surface area (Å²) in [6.45, 7) is 1.79. The minimum Gasteiger partial charge on any atom is -0.303 e. The maximum Gasteiger partial charge on any atom is 0.482 e. The first-order valence-electron chi connectivity index (χ1n) is 8.76. The van der Waals surface area contributed by atoms with Gasteiger partial charge in [0.15, 0.2) is 5.41 Å². The summed E-state index contributed by atoms with van der Waals surface area (Å²) in [5.74, 6) is -0.990. The van der Waals surface area contributed by atoms with E-state index >= 15 is 0 Å². The van der Waals surface area contributed by atoms with Gasteiger partial charge in [-0.1, -0.05) is 60.7 Å². The Morgan fingerprint density at radius 2 is 1.68 bits per heavy atom. The number of hydrogen-bond acceptors (Lipinski definition) is 6. The molecule has 2 bridgehead atoms. The highest BCUT2D eigenvalue weighted by Gasteiger charge is 2.81. The molecule has 3 aliphatic rings. The van der Waals surface area contributed by atoms with Gasteiger partial charge in [-0.25, -0.2) is 18.6 Å². The molecule has 0 aliphatic carbocycles. The second-order valence-corrected chi connectivity index (χ2v) is 8.20. The summed E-state index contributed by atoms with van der Waals surface area (Å²) in [5, 5.41) is 10.5. The van der Waals surface area contributed by atoms with Crippen LogP contribution < -0.4 is 0 Å². The first kappa shape index (κ1) is 17.4. The zero-order valence-corrected chi connectivity index (χ0v) is 15.8. The van der Waals surface area contributed by atoms with Crippen LogP contribution in [0, 0.1) is 18.3 Å². The highest BCUT2D eigenvalue weighted by molar-refractivity contribution is 7.50. The van der Waals surface area contributed by atoms with Gasteiger partial charge in [-0.2, -0.15) is 5.26 Å². The molecule has 28 heavy (non-hydrogen) atoms. The molecule has 3 aliphatic heterocycles. The van der Waals surface area contributed by atoms with E-state index in [1.54, 1.807) is 23.9 Å². The Morgan fingerprint density at radius 3 is 2.14 bits per heavy atom. The van der Waals surface area contributed by atoms with E-state index in [-0.39, 0.29) is 0 Å². The zero-order valence-electron chi connectivity index (χ0n) is 14.9. The van der Waals surface area contributed by atoms with Crippen LogP contribution in [0.25, 0.3) is 0 Å². The van der Waals surface area contributed by atoms with E-state index in [9.17, 15) is 9.83 Å². The third kappa shape index (κ3) is 2.09. The van der Waals surface area contributed by atoms with Gasteiger partial charge in [-0.05, 0) is 18.1 Å². The van der Waals surface area contributed by atoms with Gasteiger partial charge >= 0.3 is 7.82 Å². The van der Waals surface area contributed by atoms with Crippen LogP contribution in [0.2, 0.25) is 0 Å². The average molecular weight is 393 g/mol. The maximum absolute atomic E-state index is 12.7. The van der Waals surface area contributed by atoms with Crippen molar-refractivity contribution in [3.63, 3.8) is 0 Å². The van der Waals surface area contributed by atoms with Crippen molar-refractivity contribution in [3.8, 4) is 6.07 Å². The van der Waals surface area contributed by atoms with Crippen LogP contribution in [0.15, 0.2) is 73.1 Å². The zero-order chi connectivity index (χ0) is 19.4. The molecule has 0 radical (unpaired) electrons. The maximum atomic E-state index is 12.7. The van der Waals surface area contributed by atoms with Crippen LogP contribution in [0.1, 0.15) is 23.2 Å². The number of imidazole rings is 1. The summed E-state index contributed by atoms with van der Waals surface area (Å²) in [6, 6.07) is 20.8. The Hall–Kier alpha value is -2.75. The fraction of sp³-hybridized carbons (Fsp3) is 0.200. The highest BCUT2D eigenvalue weighted by Crippen LogP contribution is 2.81. The number of hydrogen-bond donors (Lipinski definition) is 0. The van der Waals surface area contributed by atoms with Gasteiger partial charge in [-0.3, -0.25) is 4.52 Å². The molecule has 0 N–H and O–H groups in total. The number of aryl methyl sites for hydroxylation is 1. The fourth-order valence-corrected chi connectivity index (χ4v) is 5.71. The normalized spacial score (nSPS) is 28.5. The standard InChI is InChI=1S/C20H16N3O4P/c1-15-22-12-13-23(15)18-20(26-28(24,25-18)27-20)19(14-21,16-8-4-2-5-9-16)17-10-6-3-7-11-17/h2-13,18H,1H3. The molecule has 3 aromatic rings. The number of nitriles is 1. The Morgan fingerprint density at radius 1 is 1.11 bits per heavy atom. The smallest absolute Gasteiger partial charge is 0.303 e. The van der Waals surface area contributed by atoms with Crippen molar-refractivity contribution in [1.29, 1.82) is 5.26 Å². The van der Waals surface area contributed by atoms with Gasteiger partial charge in [-0.15, -0.1) is 0 Å². The van der Waals surface area contributed by atoms with E-state index in [1.165, 1.54) is 0 Å². The van der Waals surface area contributed by atoms with E-state index < -0.39 is 25.3 Å². The number of phosphoric acid groups is 1. The van der Waals surface area contributed by atoms with Crippen LogP contribution >= 0.6 is 7.82 Å². The minimum absolute atomic E-state index is 0.630. The molecule has 7 nitrogen and oxygen atoms in total. The predicted octanol–water partition coefficient (Wildman–Crippen LogP) is 4.08. The van der Waals surface area contributed by atoms with Crippen molar-refractivity contribution >= 4 is 7.82 Å². The third-order valence-electron chi connectivity index (χ3n) is 5.27. The summed E-state index contributed by atoms with van der Waals surface area (Å²) in [4.78, 5) is 4.22. The molecule has 6 rings (SSSR count). The summed E-state index contributed by atoms with van der Waals surface area (Å²) in [5.41, 5.74) is -0.104. The van der Waals surface area contributed by atoms with Gasteiger partial charge in [0.2, 0.25) is 6.23 Å². The molecular formula is C20H16N3O4P. The highest BCUT2D eigenvalue weighted by atomic mass is 31.2. The summed E-state index contributed by atoms with van der Waals surface area (Å²) < 4.78 is 31.7. The molecule has 1 unspecified atom stereocenters. The Kier molecular flexibility index (Phi) is 3.64. The first-order valence-corrected chi connectivity index (χ1v) is 10.2. The largest absolute Gasteiger partial charge is 0.482 e. The Labute approximate surface area is 161 Å². The molecule has 140 valence electrons. The minimum atomic E-state index is -3.73. The molecule has 4 heterocycles. The van der Waals surface area contributed by atoms with Crippen LogP contribution in [-0.4, -0.2) is 15.3 Å². The van der Waals surface area contributed by atoms with E-state index in [2.05, 4.69) is 11.1 Å². The number of nitrogens with zero attached hydrogens (tertiary/aromatic N) is 3. The van der Waals surface area contributed by atoms with Crippen LogP contribution in [-0.2, 0) is 23.6 Å². The fourth-order valence-electron chi connectivity index (χ4n) is 4.01. The quantitative estimate of drug-likeness (QED) is 0.621. The molecule has 0 amide bonds. The van der Waals surface area contributed by atoms with Gasteiger partial charge in [0.25, 0.3) is 5.79 Å². The second kappa shape index (κ2) is 5.87. The van der Waals surface area contributed by atoms with Crippen molar-refractivity contribution < 1.29 is 18.1 Å². The van der Waals surface area contributed by atoms with E-state index in [1.807, 2.05) is 60.7 Å². The van der Waals surface area contributed by atoms with Crippen molar-refractivity contribution in [3.05, 3.63) is 90.0 Å². The van der Waals surface area contributed by atoms with Gasteiger partial charge in [0, 0.05) is 12.4 Å². The molecule has 1 atom stereocenters. The van der Waals surface area contributed by atoms with E-state index in [0.29, 0.717) is 17.0 Å². The first-order chi connectivity index (χ1) is 13.5. The lowest BCUT2D eigenvalue weighted by Crippen LogP contribution is -2.59. The van der Waals surface area contributed by atoms with Gasteiger partial charge in [0.1, 0.15) is 5.82 Å². The lowest BCUT2D eigenvalue weighted by Gasteiger charge is -2.47. The predicted molar refractivity (Wildman–Crippen MR) is 98.9 cm³/mol. The third-order valence-corrected chi connectivity index (χ3v) is 6.72. The lowest BCUT2D eigenvalue weighted by atomic mass is 9.68. The van der Waals surface area contributed by atoms with Crippen LogP contribution in [0.4, 0.5) is 0 Å². The van der Waals surface area contributed by atoms with Crippen molar-refractivity contribution in [1.82, 2.24) is 9.55 Å². The van der Waals surface area contributed by atoms with Crippen LogP contribution in [0.3, 0.4) is 0 Å². The molecule has 0 spiro atoms. The van der Waals surface area contributed by atoms with Crippen molar-refractivity contribution in [2.45, 2.75) is 24.4 Å². The molecule has 3 fully saturated rings. The van der Waals surface area contributed by atoms with Crippen molar-refractivity contribution in [2.24, 2.45) is 0 Å². The van der Waals surface area contributed by atoms with Gasteiger partial charge < -0.3 is 4.57 Å². The van der Waals surface area contributed by atoms with E-state index in [0.717, 1.165) is 0 Å². The summed E-state index contributed by atoms with van der Waals surface area (Å²) >= 11 is 0. The van der Waals surface area contributed by atoms with Crippen molar-refractivity contribution in [2.75, 3.05) is 0 Å². The van der Waals surface area contributed by atoms with E-state index in [4.69, 9.17) is 13.6 Å². The molecule has 1 aromatic heterocycles. The number of fused-ring (bicyclic) bond motifs is 1. The van der Waals surface area contributed by atoms with Crippen LogP contribution in [0.5, 0.6) is 0 Å². The lowest BCUT2D eigenvalue weighted by molar-refractivity contribution is -0.224. The number of rotatable bonds is 4. The molecule has 0 saturated carbocycles. The molecule has 8 heteroatoms. The summed E-state index contributed by atoms with van der Waals surface area (Å²) in [6.07, 6.45) is 2.37. The molecule has 3 saturated heterocycles. The number of aromatic nitrogens is 2. The number of benzene rings is 2. The average Bonchev–Trinajstić information content (AvgIpc) is 3.34. The SMILES string of the molecule is Cc1nccn1C1OP2(=O)OC1(C(C#N)(c1ccccc1)c1ccccc1)O2. The Bertz CT molecular complexity index is 1070. The van der Waals surface area contributed by atoms with Gasteiger partial charge in [0.05, 0.1) is 6.07 Å². The topological polar surface area (TPSA) is 86.4 Å². The molecular weight excluding hydrogens is 377 g/mol. The second-order valence-electron chi connectivity index (χ2n) is 6.73. The Balaban J connectivity index is 1.80.